The predicted octanol–water partition coefficient (Wildman–Crippen LogP) is 1.48. The Morgan fingerprint density at radius 2 is 1.62 bits per heavy atom. The normalized spacial score (nSPS) is 12.6. The summed E-state index contributed by atoms with van der Waals surface area (Å²) in [5.41, 5.74) is 0. The summed E-state index contributed by atoms with van der Waals surface area (Å²) >= 11 is 0. The zero-order chi connectivity index (χ0) is 12.8. The zero-order valence-electron chi connectivity index (χ0n) is 8.37. The number of ether oxygens (including phenoxy) is 4. The molecule has 0 amide bonds. The van der Waals surface area contributed by atoms with Crippen LogP contribution >= 0.6 is 0 Å². The quantitative estimate of drug-likeness (QED) is 0.702. The topological polar surface area (TPSA) is 71.1 Å². The van der Waals surface area contributed by atoms with Gasteiger partial charge in [0.15, 0.2) is 0 Å². The van der Waals surface area contributed by atoms with Crippen molar-refractivity contribution in [1.82, 2.24) is 0 Å². The zero-order valence-corrected chi connectivity index (χ0v) is 8.37. The fourth-order valence-corrected chi connectivity index (χ4v) is 0.562. The molecule has 0 saturated heterocycles. The summed E-state index contributed by atoms with van der Waals surface area (Å²) < 4.78 is 52.3. The molecule has 0 radical (unpaired) electrons. The molecule has 0 aromatic rings. The van der Waals surface area contributed by atoms with Crippen LogP contribution in [0.25, 0.3) is 0 Å². The Bertz CT molecular complexity index is 251. The van der Waals surface area contributed by atoms with Gasteiger partial charge in [-0.25, -0.2) is 9.59 Å². The van der Waals surface area contributed by atoms with Crippen LogP contribution in [-0.2, 0) is 18.9 Å². The van der Waals surface area contributed by atoms with Crippen molar-refractivity contribution < 1.29 is 41.7 Å². The van der Waals surface area contributed by atoms with Gasteiger partial charge in [-0.15, -0.1) is 0 Å². The average Bonchev–Trinajstić information content (AvgIpc) is 2.21. The molecule has 0 spiro atoms. The Kier molecular flexibility index (Phi) is 5.40. The van der Waals surface area contributed by atoms with E-state index in [0.717, 1.165) is 14.2 Å². The third-order valence-corrected chi connectivity index (χ3v) is 1.29. The standard InChI is InChI=1S/C7H9F3O6/c1-13-5(11)15-3-4(7(8,9)10)16-6(12)14-2/h4H,3H2,1-2H3. The van der Waals surface area contributed by atoms with E-state index in [1.807, 2.05) is 0 Å². The molecule has 0 aromatic heterocycles. The molecule has 0 N–H and O–H groups in total. The number of methoxy groups -OCH3 is 2. The van der Waals surface area contributed by atoms with Gasteiger partial charge < -0.3 is 18.9 Å². The van der Waals surface area contributed by atoms with E-state index >= 15 is 0 Å². The molecule has 1 unspecified atom stereocenters. The van der Waals surface area contributed by atoms with Gasteiger partial charge in [-0.05, 0) is 0 Å². The first-order chi connectivity index (χ1) is 7.31. The molecule has 94 valence electrons. The molecule has 0 aliphatic rings. The Hall–Kier alpha value is -1.67. The Morgan fingerprint density at radius 1 is 1.12 bits per heavy atom. The van der Waals surface area contributed by atoms with Crippen molar-refractivity contribution in [3.63, 3.8) is 0 Å². The fourth-order valence-electron chi connectivity index (χ4n) is 0.562. The lowest BCUT2D eigenvalue weighted by molar-refractivity contribution is -0.218. The summed E-state index contributed by atoms with van der Waals surface area (Å²) in [4.78, 5) is 20.9. The van der Waals surface area contributed by atoms with Gasteiger partial charge in [0.25, 0.3) is 0 Å². The van der Waals surface area contributed by atoms with Crippen LogP contribution in [0.1, 0.15) is 0 Å². The summed E-state index contributed by atoms with van der Waals surface area (Å²) in [5, 5.41) is 0. The summed E-state index contributed by atoms with van der Waals surface area (Å²) in [6.07, 6.45) is -10.3. The second-order valence-corrected chi connectivity index (χ2v) is 2.37. The molecule has 0 aromatic carbocycles. The number of alkyl halides is 3. The molecule has 6 nitrogen and oxygen atoms in total. The number of rotatable bonds is 3. The molecular weight excluding hydrogens is 237 g/mol. The maximum Gasteiger partial charge on any atom is 0.508 e. The summed E-state index contributed by atoms with van der Waals surface area (Å²) in [6, 6.07) is 0. The smallest absolute Gasteiger partial charge is 0.438 e. The van der Waals surface area contributed by atoms with E-state index in [0.29, 0.717) is 0 Å². The highest BCUT2D eigenvalue weighted by Crippen LogP contribution is 2.23. The lowest BCUT2D eigenvalue weighted by Gasteiger charge is -2.19. The SMILES string of the molecule is COC(=O)OCC(OC(=O)OC)C(F)(F)F. The van der Waals surface area contributed by atoms with Gasteiger partial charge in [0.1, 0.15) is 6.61 Å². The average molecular weight is 246 g/mol. The summed E-state index contributed by atoms with van der Waals surface area (Å²) in [6.45, 7) is -1.20. The molecular formula is C7H9F3O6. The first-order valence-corrected chi connectivity index (χ1v) is 3.83. The van der Waals surface area contributed by atoms with Crippen LogP contribution in [0, 0.1) is 0 Å². The van der Waals surface area contributed by atoms with Crippen LogP contribution < -0.4 is 0 Å². The molecule has 0 saturated carbocycles. The second-order valence-electron chi connectivity index (χ2n) is 2.37. The van der Waals surface area contributed by atoms with Crippen LogP contribution in [-0.4, -0.2) is 45.4 Å². The third kappa shape index (κ3) is 5.27. The van der Waals surface area contributed by atoms with Crippen molar-refractivity contribution in [3.8, 4) is 0 Å². The largest absolute Gasteiger partial charge is 0.508 e. The summed E-state index contributed by atoms with van der Waals surface area (Å²) in [7, 11) is 1.77. The van der Waals surface area contributed by atoms with Crippen molar-refractivity contribution >= 4 is 12.3 Å². The van der Waals surface area contributed by atoms with E-state index in [1.165, 1.54) is 0 Å². The molecule has 1 atom stereocenters. The van der Waals surface area contributed by atoms with Gasteiger partial charge in [0, 0.05) is 0 Å². The van der Waals surface area contributed by atoms with Crippen molar-refractivity contribution in [2.75, 3.05) is 20.8 Å². The van der Waals surface area contributed by atoms with Gasteiger partial charge in [-0.1, -0.05) is 0 Å². The lowest BCUT2D eigenvalue weighted by atomic mass is 10.4. The molecule has 0 fully saturated rings. The van der Waals surface area contributed by atoms with Crippen LogP contribution in [0.5, 0.6) is 0 Å². The molecule has 16 heavy (non-hydrogen) atoms. The number of carbonyl (C=O) groups is 2. The third-order valence-electron chi connectivity index (χ3n) is 1.29. The molecule has 0 rings (SSSR count). The predicted molar refractivity (Wildman–Crippen MR) is 41.7 cm³/mol. The Morgan fingerprint density at radius 3 is 2.00 bits per heavy atom. The Balaban J connectivity index is 4.33. The van der Waals surface area contributed by atoms with Crippen LogP contribution in [0.2, 0.25) is 0 Å². The first kappa shape index (κ1) is 14.3. The highest BCUT2D eigenvalue weighted by Gasteiger charge is 2.44. The minimum atomic E-state index is -4.87. The van der Waals surface area contributed by atoms with Crippen molar-refractivity contribution in [2.24, 2.45) is 0 Å². The number of hydrogen-bond donors (Lipinski definition) is 0. The van der Waals surface area contributed by atoms with Gasteiger partial charge in [-0.2, -0.15) is 13.2 Å². The van der Waals surface area contributed by atoms with Crippen molar-refractivity contribution in [1.29, 1.82) is 0 Å². The number of halogens is 3. The van der Waals surface area contributed by atoms with E-state index < -0.39 is 31.2 Å². The molecule has 0 heterocycles. The van der Waals surface area contributed by atoms with E-state index in [9.17, 15) is 22.8 Å². The van der Waals surface area contributed by atoms with Gasteiger partial charge in [-0.3, -0.25) is 0 Å². The second kappa shape index (κ2) is 6.03. The molecule has 0 bridgehead atoms. The summed E-state index contributed by atoms with van der Waals surface area (Å²) in [5.74, 6) is 0. The van der Waals surface area contributed by atoms with E-state index in [1.54, 1.807) is 0 Å². The van der Waals surface area contributed by atoms with Gasteiger partial charge in [0.2, 0.25) is 6.10 Å². The van der Waals surface area contributed by atoms with E-state index in [2.05, 4.69) is 18.9 Å². The number of hydrogen-bond acceptors (Lipinski definition) is 6. The molecule has 0 aliphatic carbocycles. The minimum Gasteiger partial charge on any atom is -0.438 e. The first-order valence-electron chi connectivity index (χ1n) is 3.83. The molecule has 0 aliphatic heterocycles. The van der Waals surface area contributed by atoms with Crippen molar-refractivity contribution in [2.45, 2.75) is 12.3 Å². The fraction of sp³-hybridized carbons (Fsp3) is 0.714. The maximum absolute atomic E-state index is 12.2. The monoisotopic (exact) mass is 246 g/mol. The maximum atomic E-state index is 12.2. The van der Waals surface area contributed by atoms with E-state index in [-0.39, 0.29) is 0 Å². The number of carbonyl (C=O) groups excluding carboxylic acids is 2. The highest BCUT2D eigenvalue weighted by molar-refractivity contribution is 5.60. The lowest BCUT2D eigenvalue weighted by Crippen LogP contribution is -2.38. The van der Waals surface area contributed by atoms with Crippen LogP contribution in [0.4, 0.5) is 22.8 Å². The van der Waals surface area contributed by atoms with E-state index in [4.69, 9.17) is 0 Å². The highest BCUT2D eigenvalue weighted by atomic mass is 19.4. The van der Waals surface area contributed by atoms with Crippen molar-refractivity contribution in [3.05, 3.63) is 0 Å². The minimum absolute atomic E-state index is 0.844. The Labute approximate surface area is 88.2 Å². The molecule has 9 heteroatoms. The van der Waals surface area contributed by atoms with Gasteiger partial charge in [0.05, 0.1) is 14.2 Å². The van der Waals surface area contributed by atoms with Crippen LogP contribution in [0.3, 0.4) is 0 Å². The van der Waals surface area contributed by atoms with Gasteiger partial charge >= 0.3 is 18.5 Å². The van der Waals surface area contributed by atoms with Crippen LogP contribution in [0.15, 0.2) is 0 Å².